The number of aromatic hydroxyl groups is 1. The molecule has 0 unspecified atom stereocenters. The van der Waals surface area contributed by atoms with Crippen LogP contribution < -0.4 is 0 Å². The van der Waals surface area contributed by atoms with Crippen LogP contribution in [0.2, 0.25) is 0 Å². The molecule has 2 aliphatic carbocycles. The molecule has 2 aliphatic rings. The van der Waals surface area contributed by atoms with Crippen LogP contribution in [0.15, 0.2) is 12.1 Å². The van der Waals surface area contributed by atoms with Gasteiger partial charge in [0.1, 0.15) is 5.75 Å². The van der Waals surface area contributed by atoms with E-state index >= 15 is 0 Å². The zero-order valence-corrected chi connectivity index (χ0v) is 20.3. The fourth-order valence-electron chi connectivity index (χ4n) is 5.37. The molecule has 3 rings (SSSR count). The number of phenols is 1. The van der Waals surface area contributed by atoms with E-state index in [-0.39, 0.29) is 12.2 Å². The quantitative estimate of drug-likeness (QED) is 0.419. The molecule has 0 bridgehead atoms. The predicted octanol–water partition coefficient (Wildman–Crippen LogP) is 8.03. The van der Waals surface area contributed by atoms with E-state index in [0.29, 0.717) is 23.7 Å². The van der Waals surface area contributed by atoms with E-state index in [1.165, 1.54) is 49.7 Å². The van der Waals surface area contributed by atoms with Gasteiger partial charge in [-0.1, -0.05) is 38.5 Å². The summed E-state index contributed by atoms with van der Waals surface area (Å²) >= 11 is 0. The maximum absolute atomic E-state index is 13.9. The smallest absolute Gasteiger partial charge is 0.335 e. The predicted molar refractivity (Wildman–Crippen MR) is 124 cm³/mol. The van der Waals surface area contributed by atoms with Crippen LogP contribution in [0, 0.1) is 0 Å². The molecule has 0 aromatic heterocycles. The van der Waals surface area contributed by atoms with Crippen molar-refractivity contribution in [2.24, 2.45) is 0 Å². The molecule has 1 N–H and O–H groups in total. The maximum Gasteiger partial charge on any atom is 0.335 e. The number of hydrogen-bond donors (Lipinski definition) is 1. The van der Waals surface area contributed by atoms with Gasteiger partial charge in [0.2, 0.25) is 0 Å². The highest BCUT2D eigenvalue weighted by Gasteiger charge is 2.34. The minimum Gasteiger partial charge on any atom is -0.508 e. The zero-order chi connectivity index (χ0) is 21.7. The normalized spacial score (nSPS) is 19.7. The summed E-state index contributed by atoms with van der Waals surface area (Å²) in [6, 6.07) is 3.87. The van der Waals surface area contributed by atoms with E-state index in [2.05, 4.69) is 0 Å². The Morgan fingerprint density at radius 1 is 0.833 bits per heavy atom. The molecule has 2 fully saturated rings. The molecule has 30 heavy (non-hydrogen) atoms. The molecule has 5 heteroatoms. The van der Waals surface area contributed by atoms with Crippen molar-refractivity contribution in [2.45, 2.75) is 122 Å². The summed E-state index contributed by atoms with van der Waals surface area (Å²) in [4.78, 5) is 0. The van der Waals surface area contributed by atoms with Crippen molar-refractivity contribution in [3.05, 3.63) is 28.8 Å². The molecular weight excluding hydrogens is 395 g/mol. The third-order valence-electron chi connectivity index (χ3n) is 6.49. The van der Waals surface area contributed by atoms with Crippen molar-refractivity contribution < 1.29 is 18.7 Å². The third kappa shape index (κ3) is 6.34. The molecule has 0 atom stereocenters. The molecule has 0 aliphatic heterocycles. The summed E-state index contributed by atoms with van der Waals surface area (Å²) in [7, 11) is -3.31. The van der Waals surface area contributed by atoms with E-state index in [9.17, 15) is 9.67 Å². The molecule has 1 aromatic rings. The van der Waals surface area contributed by atoms with Gasteiger partial charge in [-0.15, -0.1) is 0 Å². The first-order valence-electron chi connectivity index (χ1n) is 12.1. The first-order valence-corrected chi connectivity index (χ1v) is 13.8. The third-order valence-corrected chi connectivity index (χ3v) is 8.68. The van der Waals surface area contributed by atoms with E-state index in [1.54, 1.807) is 0 Å². The molecule has 0 amide bonds. The van der Waals surface area contributed by atoms with Gasteiger partial charge in [0.15, 0.2) is 0 Å². The lowest BCUT2D eigenvalue weighted by atomic mass is 9.77. The van der Waals surface area contributed by atoms with Crippen LogP contribution in [0.3, 0.4) is 0 Å². The maximum atomic E-state index is 13.9. The molecular formula is C25H41O4P. The average molecular weight is 437 g/mol. The van der Waals surface area contributed by atoms with Crippen LogP contribution in [-0.4, -0.2) is 17.3 Å². The van der Waals surface area contributed by atoms with Crippen LogP contribution in [0.5, 0.6) is 5.75 Å². The minimum absolute atomic E-state index is 0.164. The Morgan fingerprint density at radius 3 is 1.60 bits per heavy atom. The van der Waals surface area contributed by atoms with Crippen LogP contribution >= 0.6 is 7.60 Å². The Kier molecular flexibility index (Phi) is 8.46. The Morgan fingerprint density at radius 2 is 1.23 bits per heavy atom. The van der Waals surface area contributed by atoms with Gasteiger partial charge < -0.3 is 14.2 Å². The van der Waals surface area contributed by atoms with Gasteiger partial charge in [-0.3, -0.25) is 4.57 Å². The van der Waals surface area contributed by atoms with Gasteiger partial charge in [0, 0.05) is 0 Å². The molecule has 4 nitrogen and oxygen atoms in total. The fourth-order valence-corrected chi connectivity index (χ4v) is 7.61. The van der Waals surface area contributed by atoms with Crippen molar-refractivity contribution in [1.29, 1.82) is 0 Å². The second-order valence-electron chi connectivity index (χ2n) is 9.85. The van der Waals surface area contributed by atoms with E-state index in [4.69, 9.17) is 9.05 Å². The molecule has 170 valence electrons. The second-order valence-corrected chi connectivity index (χ2v) is 11.8. The lowest BCUT2D eigenvalue weighted by Gasteiger charge is -2.32. The molecule has 2 saturated carbocycles. The Balaban J connectivity index is 2.06. The van der Waals surface area contributed by atoms with Crippen LogP contribution in [0.1, 0.15) is 120 Å². The van der Waals surface area contributed by atoms with Gasteiger partial charge in [0.05, 0.1) is 18.4 Å². The van der Waals surface area contributed by atoms with Crippen LogP contribution in [0.25, 0.3) is 0 Å². The number of benzene rings is 1. The Labute approximate surface area is 183 Å². The summed E-state index contributed by atoms with van der Waals surface area (Å²) in [5.74, 6) is 1.20. The monoisotopic (exact) mass is 436 g/mol. The van der Waals surface area contributed by atoms with Gasteiger partial charge in [-0.2, -0.15) is 0 Å². The first kappa shape index (κ1) is 23.8. The second kappa shape index (κ2) is 10.7. The molecule has 0 heterocycles. The highest BCUT2D eigenvalue weighted by atomic mass is 31.2. The molecule has 0 spiro atoms. The minimum atomic E-state index is -3.31. The highest BCUT2D eigenvalue weighted by molar-refractivity contribution is 7.53. The van der Waals surface area contributed by atoms with Crippen molar-refractivity contribution in [2.75, 3.05) is 0 Å². The summed E-state index contributed by atoms with van der Waals surface area (Å²) in [5, 5.41) is 10.6. The number of phenolic OH excluding ortho intramolecular Hbond substituents is 1. The van der Waals surface area contributed by atoms with Gasteiger partial charge in [-0.25, -0.2) is 0 Å². The van der Waals surface area contributed by atoms with Crippen molar-refractivity contribution >= 4 is 7.60 Å². The van der Waals surface area contributed by atoms with Crippen molar-refractivity contribution in [3.63, 3.8) is 0 Å². The van der Waals surface area contributed by atoms with Gasteiger partial charge >= 0.3 is 7.60 Å². The van der Waals surface area contributed by atoms with Crippen LogP contribution in [0.4, 0.5) is 0 Å². The topological polar surface area (TPSA) is 55.8 Å². The molecule has 1 aromatic carbocycles. The Bertz CT molecular complexity index is 678. The van der Waals surface area contributed by atoms with E-state index in [1.807, 2.05) is 39.8 Å². The van der Waals surface area contributed by atoms with Crippen LogP contribution in [-0.2, 0) is 19.8 Å². The fraction of sp³-hybridized carbons (Fsp3) is 0.760. The van der Waals surface area contributed by atoms with Gasteiger partial charge in [-0.05, 0) is 94.0 Å². The Hall–Kier alpha value is -0.830. The van der Waals surface area contributed by atoms with Gasteiger partial charge in [0.25, 0.3) is 0 Å². The highest BCUT2D eigenvalue weighted by Crippen LogP contribution is 2.56. The lowest BCUT2D eigenvalue weighted by molar-refractivity contribution is 0.141. The largest absolute Gasteiger partial charge is 0.508 e. The number of hydrogen-bond acceptors (Lipinski definition) is 4. The van der Waals surface area contributed by atoms with Crippen molar-refractivity contribution in [3.8, 4) is 5.75 Å². The average Bonchev–Trinajstić information content (AvgIpc) is 2.69. The van der Waals surface area contributed by atoms with E-state index in [0.717, 1.165) is 31.2 Å². The molecule has 0 radical (unpaired) electrons. The number of rotatable bonds is 8. The lowest BCUT2D eigenvalue weighted by Crippen LogP contribution is -2.16. The summed E-state index contributed by atoms with van der Waals surface area (Å²) in [6.07, 6.45) is 12.0. The summed E-state index contributed by atoms with van der Waals surface area (Å²) in [6.45, 7) is 7.66. The summed E-state index contributed by atoms with van der Waals surface area (Å²) < 4.78 is 25.7. The SMILES string of the molecule is CC(C)OP(=O)(Cc1c(C2CCCCC2)cc(O)cc1C1CCCCC1)OC(C)C. The van der Waals surface area contributed by atoms with E-state index < -0.39 is 7.60 Å². The summed E-state index contributed by atoms with van der Waals surface area (Å²) in [5.41, 5.74) is 3.52. The zero-order valence-electron chi connectivity index (χ0n) is 19.4. The van der Waals surface area contributed by atoms with Crippen molar-refractivity contribution in [1.82, 2.24) is 0 Å². The first-order chi connectivity index (χ1) is 14.3. The standard InChI is InChI=1S/C25H41O4P/c1-18(2)28-30(27,29-19(3)4)17-25-23(20-11-7-5-8-12-20)15-22(26)16-24(25)21-13-9-6-10-14-21/h15-16,18-21,26H,5-14,17H2,1-4H3. The molecule has 0 saturated heterocycles.